The van der Waals surface area contributed by atoms with Gasteiger partial charge in [0.15, 0.2) is 9.84 Å². The van der Waals surface area contributed by atoms with E-state index < -0.39 is 25.9 Å². The van der Waals surface area contributed by atoms with Crippen LogP contribution in [0.2, 0.25) is 0 Å². The average molecular weight is 382 g/mol. The van der Waals surface area contributed by atoms with Crippen LogP contribution in [0.15, 0.2) is 33.6 Å². The average Bonchev–Trinajstić information content (AvgIpc) is 2.70. The van der Waals surface area contributed by atoms with Crippen molar-refractivity contribution < 1.29 is 16.8 Å². The molecule has 1 aromatic carbocycles. The van der Waals surface area contributed by atoms with E-state index in [0.29, 0.717) is 10.9 Å². The molecule has 1 aromatic rings. The monoisotopic (exact) mass is 381 g/mol. The highest BCUT2D eigenvalue weighted by Crippen LogP contribution is 2.26. The smallest absolute Gasteiger partial charge is 0.229 e. The lowest BCUT2D eigenvalue weighted by molar-refractivity contribution is 0.354. The minimum atomic E-state index is -3.67. The number of halogens is 1. The Hall–Kier alpha value is -0.440. The highest BCUT2D eigenvalue weighted by molar-refractivity contribution is 9.10. The number of sulfonamides is 1. The van der Waals surface area contributed by atoms with Crippen molar-refractivity contribution in [2.75, 3.05) is 18.1 Å². The van der Waals surface area contributed by atoms with E-state index in [4.69, 9.17) is 0 Å². The third kappa shape index (κ3) is 3.24. The molecule has 0 amide bonds. The number of hydrogen-bond acceptors (Lipinski definition) is 4. The summed E-state index contributed by atoms with van der Waals surface area (Å²) in [6.45, 7) is 1.98. The Morgan fingerprint density at radius 2 is 2.10 bits per heavy atom. The van der Waals surface area contributed by atoms with Crippen molar-refractivity contribution in [2.24, 2.45) is 0 Å². The SMILES string of the molecule is CCN([C@@H]1CCS(=O)(=O)C1)S(=O)(=O)c1cccc(Br)c1. The number of hydrogen-bond donors (Lipinski definition) is 0. The molecule has 0 saturated carbocycles. The molecule has 20 heavy (non-hydrogen) atoms. The zero-order valence-corrected chi connectivity index (χ0v) is 14.2. The molecule has 1 aliphatic rings. The van der Waals surface area contributed by atoms with Crippen molar-refractivity contribution in [3.8, 4) is 0 Å². The van der Waals surface area contributed by atoms with Crippen LogP contribution in [0.25, 0.3) is 0 Å². The Labute approximate surface area is 128 Å². The molecule has 0 unspecified atom stereocenters. The second-order valence-electron chi connectivity index (χ2n) is 4.72. The molecule has 1 atom stereocenters. The summed E-state index contributed by atoms with van der Waals surface area (Å²) in [5, 5.41) is 0. The molecule has 112 valence electrons. The van der Waals surface area contributed by atoms with Crippen molar-refractivity contribution in [2.45, 2.75) is 24.3 Å². The standard InChI is InChI=1S/C12H16BrNO4S2/c1-2-14(11-6-7-19(15,16)9-11)20(17,18)12-5-3-4-10(13)8-12/h3-5,8,11H,2,6-7,9H2,1H3/t11-/m1/s1. The lowest BCUT2D eigenvalue weighted by atomic mass is 10.3. The van der Waals surface area contributed by atoms with E-state index >= 15 is 0 Å². The van der Waals surface area contributed by atoms with Gasteiger partial charge in [0.05, 0.1) is 16.4 Å². The van der Waals surface area contributed by atoms with Crippen LogP contribution >= 0.6 is 15.9 Å². The molecule has 1 saturated heterocycles. The van der Waals surface area contributed by atoms with Crippen LogP contribution in [0.5, 0.6) is 0 Å². The van der Waals surface area contributed by atoms with Gasteiger partial charge in [-0.2, -0.15) is 4.31 Å². The first-order valence-corrected chi connectivity index (χ1v) is 10.3. The quantitative estimate of drug-likeness (QED) is 0.794. The molecule has 1 fully saturated rings. The first kappa shape index (κ1) is 15.9. The summed E-state index contributed by atoms with van der Waals surface area (Å²) in [6, 6.07) is 5.98. The van der Waals surface area contributed by atoms with E-state index in [0.717, 1.165) is 0 Å². The fourth-order valence-corrected chi connectivity index (χ4v) is 6.48. The van der Waals surface area contributed by atoms with Crippen molar-refractivity contribution in [3.63, 3.8) is 0 Å². The zero-order valence-electron chi connectivity index (χ0n) is 11.0. The van der Waals surface area contributed by atoms with Gasteiger partial charge in [0, 0.05) is 17.1 Å². The summed E-state index contributed by atoms with van der Waals surface area (Å²) in [5.74, 6) is -0.0315. The Morgan fingerprint density at radius 3 is 2.60 bits per heavy atom. The minimum absolute atomic E-state index is 0.0577. The maximum absolute atomic E-state index is 12.6. The van der Waals surface area contributed by atoms with E-state index in [1.54, 1.807) is 19.1 Å². The molecule has 0 aromatic heterocycles. The van der Waals surface area contributed by atoms with Gasteiger partial charge >= 0.3 is 0 Å². The van der Waals surface area contributed by atoms with Gasteiger partial charge < -0.3 is 0 Å². The maximum Gasteiger partial charge on any atom is 0.243 e. The number of sulfone groups is 1. The van der Waals surface area contributed by atoms with Crippen LogP contribution in [-0.2, 0) is 19.9 Å². The second-order valence-corrected chi connectivity index (χ2v) is 9.76. The highest BCUT2D eigenvalue weighted by atomic mass is 79.9. The summed E-state index contributed by atoms with van der Waals surface area (Å²) in [4.78, 5) is 0.179. The van der Waals surface area contributed by atoms with E-state index in [9.17, 15) is 16.8 Å². The van der Waals surface area contributed by atoms with Gasteiger partial charge in [0.1, 0.15) is 0 Å². The Kier molecular flexibility index (Phi) is 4.58. The molecule has 5 nitrogen and oxygen atoms in total. The first-order valence-electron chi connectivity index (χ1n) is 6.24. The van der Waals surface area contributed by atoms with E-state index in [1.165, 1.54) is 16.4 Å². The highest BCUT2D eigenvalue weighted by Gasteiger charge is 2.37. The second kappa shape index (κ2) is 5.75. The molecule has 0 N–H and O–H groups in total. The lowest BCUT2D eigenvalue weighted by Gasteiger charge is -2.26. The normalized spacial score (nSPS) is 22.2. The lowest BCUT2D eigenvalue weighted by Crippen LogP contribution is -2.40. The molecule has 1 aliphatic heterocycles. The summed E-state index contributed by atoms with van der Waals surface area (Å²) < 4.78 is 50.3. The molecule has 0 aliphatic carbocycles. The first-order chi connectivity index (χ1) is 9.26. The van der Waals surface area contributed by atoms with Gasteiger partial charge in [-0.25, -0.2) is 16.8 Å². The molecule has 0 bridgehead atoms. The molecule has 0 spiro atoms. The van der Waals surface area contributed by atoms with Crippen LogP contribution in [0.3, 0.4) is 0 Å². The fraction of sp³-hybridized carbons (Fsp3) is 0.500. The van der Waals surface area contributed by atoms with Crippen LogP contribution in [-0.4, -0.2) is 45.2 Å². The van der Waals surface area contributed by atoms with Gasteiger partial charge in [-0.3, -0.25) is 0 Å². The van der Waals surface area contributed by atoms with Gasteiger partial charge in [-0.1, -0.05) is 28.9 Å². The molecule has 0 radical (unpaired) electrons. The zero-order chi connectivity index (χ0) is 15.0. The molecular weight excluding hydrogens is 366 g/mol. The summed E-state index contributed by atoms with van der Waals surface area (Å²) in [5.41, 5.74) is 0. The van der Waals surface area contributed by atoms with Crippen molar-refractivity contribution in [1.82, 2.24) is 4.31 Å². The van der Waals surface area contributed by atoms with Crippen molar-refractivity contribution in [1.29, 1.82) is 0 Å². The van der Waals surface area contributed by atoms with Gasteiger partial charge in [-0.15, -0.1) is 0 Å². The number of nitrogens with zero attached hydrogens (tertiary/aromatic N) is 1. The van der Waals surface area contributed by atoms with Crippen LogP contribution < -0.4 is 0 Å². The van der Waals surface area contributed by atoms with Gasteiger partial charge in [0.2, 0.25) is 10.0 Å². The predicted molar refractivity (Wildman–Crippen MR) is 80.8 cm³/mol. The Balaban J connectivity index is 2.36. The maximum atomic E-state index is 12.6. The molecule has 1 heterocycles. The third-order valence-electron chi connectivity index (χ3n) is 3.33. The van der Waals surface area contributed by atoms with Crippen LogP contribution in [0.4, 0.5) is 0 Å². The summed E-state index contributed by atoms with van der Waals surface area (Å²) in [7, 11) is -6.78. The topological polar surface area (TPSA) is 71.5 Å². The van der Waals surface area contributed by atoms with Crippen LogP contribution in [0, 0.1) is 0 Å². The third-order valence-corrected chi connectivity index (χ3v) is 7.60. The number of rotatable bonds is 4. The molecular formula is C12H16BrNO4S2. The Morgan fingerprint density at radius 1 is 1.40 bits per heavy atom. The van der Waals surface area contributed by atoms with Gasteiger partial charge in [0.25, 0.3) is 0 Å². The predicted octanol–water partition coefficient (Wildman–Crippen LogP) is 1.65. The summed E-state index contributed by atoms with van der Waals surface area (Å²) in [6.07, 6.45) is 0.364. The van der Waals surface area contributed by atoms with E-state index in [2.05, 4.69) is 15.9 Å². The van der Waals surface area contributed by atoms with Crippen molar-refractivity contribution in [3.05, 3.63) is 28.7 Å². The summed E-state index contributed by atoms with van der Waals surface area (Å²) >= 11 is 3.25. The largest absolute Gasteiger partial charge is 0.243 e. The van der Waals surface area contributed by atoms with E-state index in [-0.39, 0.29) is 22.9 Å². The van der Waals surface area contributed by atoms with Gasteiger partial charge in [-0.05, 0) is 24.6 Å². The molecule has 8 heteroatoms. The minimum Gasteiger partial charge on any atom is -0.229 e. The fourth-order valence-electron chi connectivity index (χ4n) is 2.39. The Bertz CT molecular complexity index is 700. The number of benzene rings is 1. The molecule has 2 rings (SSSR count). The van der Waals surface area contributed by atoms with Crippen LogP contribution in [0.1, 0.15) is 13.3 Å². The van der Waals surface area contributed by atoms with Crippen molar-refractivity contribution >= 4 is 35.8 Å². The van der Waals surface area contributed by atoms with E-state index in [1.807, 2.05) is 0 Å².